The van der Waals surface area contributed by atoms with Crippen LogP contribution in [0.2, 0.25) is 0 Å². The Labute approximate surface area is 180 Å². The van der Waals surface area contributed by atoms with E-state index in [1.807, 2.05) is 54.6 Å². The molecule has 2 heterocycles. The minimum absolute atomic E-state index is 0.169. The number of nitrogens with one attached hydrogen (secondary N) is 2. The number of urea groups is 2. The molecule has 0 aromatic heterocycles. The molecule has 0 aliphatic carbocycles. The van der Waals surface area contributed by atoms with Crippen LogP contribution in [0, 0.1) is 0 Å². The van der Waals surface area contributed by atoms with Crippen LogP contribution in [-0.4, -0.2) is 72.8 Å². The van der Waals surface area contributed by atoms with E-state index in [1.165, 1.54) is 14.7 Å². The standard InChI is InChI=1S/C22H25N5O4/c1-25-19-20(26(2)22(25)30)27(21(29)24-19)13-17(28)23-18(14-7-5-4-6-8-14)15-9-11-16(31-3)12-10-15/h4-12,18-20H,13H2,1-3H3,(H,23,28)(H,24,29)/t18-,19+,20-/m1/s1. The van der Waals surface area contributed by atoms with Gasteiger partial charge >= 0.3 is 12.1 Å². The summed E-state index contributed by atoms with van der Waals surface area (Å²) >= 11 is 0. The van der Waals surface area contributed by atoms with Crippen molar-refractivity contribution in [1.82, 2.24) is 25.3 Å². The maximum Gasteiger partial charge on any atom is 0.323 e. The zero-order valence-electron chi connectivity index (χ0n) is 17.6. The number of amides is 5. The van der Waals surface area contributed by atoms with Gasteiger partial charge in [-0.05, 0) is 23.3 Å². The Morgan fingerprint density at radius 1 is 1.03 bits per heavy atom. The Kier molecular flexibility index (Phi) is 5.41. The van der Waals surface area contributed by atoms with Crippen molar-refractivity contribution in [2.24, 2.45) is 0 Å². The predicted octanol–water partition coefficient (Wildman–Crippen LogP) is 1.58. The highest BCUT2D eigenvalue weighted by Gasteiger charge is 2.52. The number of benzene rings is 2. The first-order valence-electron chi connectivity index (χ1n) is 9.95. The normalized spacial score (nSPS) is 21.1. The van der Waals surface area contributed by atoms with Gasteiger partial charge in [0.15, 0.2) is 0 Å². The highest BCUT2D eigenvalue weighted by molar-refractivity contribution is 5.89. The van der Waals surface area contributed by atoms with Crippen LogP contribution in [0.3, 0.4) is 0 Å². The second-order valence-corrected chi connectivity index (χ2v) is 7.62. The van der Waals surface area contributed by atoms with Crippen molar-refractivity contribution in [3.8, 4) is 5.75 Å². The second kappa shape index (κ2) is 8.17. The largest absolute Gasteiger partial charge is 0.497 e. The lowest BCUT2D eigenvalue weighted by atomic mass is 9.98. The van der Waals surface area contributed by atoms with Crippen LogP contribution < -0.4 is 15.4 Å². The fourth-order valence-electron chi connectivity index (χ4n) is 4.10. The lowest BCUT2D eigenvalue weighted by Crippen LogP contribution is -2.49. The van der Waals surface area contributed by atoms with Crippen LogP contribution in [0.1, 0.15) is 17.2 Å². The molecule has 0 saturated carbocycles. The summed E-state index contributed by atoms with van der Waals surface area (Å²) in [6.07, 6.45) is -1.02. The fraction of sp³-hybridized carbons (Fsp3) is 0.318. The van der Waals surface area contributed by atoms with Crippen molar-refractivity contribution >= 4 is 18.0 Å². The molecule has 0 spiro atoms. The number of carbonyl (C=O) groups is 3. The minimum Gasteiger partial charge on any atom is -0.497 e. The van der Waals surface area contributed by atoms with Crippen molar-refractivity contribution in [3.63, 3.8) is 0 Å². The number of hydrogen-bond donors (Lipinski definition) is 2. The van der Waals surface area contributed by atoms with Crippen molar-refractivity contribution in [1.29, 1.82) is 0 Å². The number of rotatable bonds is 6. The van der Waals surface area contributed by atoms with E-state index >= 15 is 0 Å². The van der Waals surface area contributed by atoms with E-state index in [9.17, 15) is 14.4 Å². The average Bonchev–Trinajstić information content (AvgIpc) is 3.22. The molecule has 9 heteroatoms. The first-order chi connectivity index (χ1) is 14.9. The number of likely N-dealkylation sites (N-methyl/N-ethyl adjacent to an activating group) is 2. The summed E-state index contributed by atoms with van der Waals surface area (Å²) in [5.74, 6) is 0.399. The highest BCUT2D eigenvalue weighted by Crippen LogP contribution is 2.27. The molecule has 2 aromatic carbocycles. The summed E-state index contributed by atoms with van der Waals surface area (Å²) in [4.78, 5) is 42.0. The molecule has 4 rings (SSSR count). The topological polar surface area (TPSA) is 94.2 Å². The van der Waals surface area contributed by atoms with Crippen molar-refractivity contribution in [3.05, 3.63) is 65.7 Å². The van der Waals surface area contributed by atoms with E-state index in [1.54, 1.807) is 21.2 Å². The van der Waals surface area contributed by atoms with Crippen molar-refractivity contribution in [2.45, 2.75) is 18.4 Å². The third-order valence-electron chi connectivity index (χ3n) is 5.75. The smallest absolute Gasteiger partial charge is 0.323 e. The molecule has 5 amide bonds. The van der Waals surface area contributed by atoms with Crippen molar-refractivity contribution in [2.75, 3.05) is 27.7 Å². The molecule has 2 aromatic rings. The third kappa shape index (κ3) is 3.74. The van der Waals surface area contributed by atoms with Gasteiger partial charge in [0.1, 0.15) is 24.6 Å². The summed E-state index contributed by atoms with van der Waals surface area (Å²) in [5.41, 5.74) is 1.80. The number of carbonyl (C=O) groups excluding carboxylic acids is 3. The van der Waals surface area contributed by atoms with E-state index in [4.69, 9.17) is 4.74 Å². The van der Waals surface area contributed by atoms with Gasteiger partial charge < -0.3 is 25.2 Å². The summed E-state index contributed by atoms with van der Waals surface area (Å²) < 4.78 is 5.23. The zero-order valence-corrected chi connectivity index (χ0v) is 17.6. The zero-order chi connectivity index (χ0) is 22.1. The molecule has 2 aliphatic rings. The van der Waals surface area contributed by atoms with E-state index < -0.39 is 18.4 Å². The van der Waals surface area contributed by atoms with Crippen LogP contribution in [0.5, 0.6) is 5.75 Å². The van der Waals surface area contributed by atoms with E-state index in [0.717, 1.165) is 16.9 Å². The van der Waals surface area contributed by atoms with Crippen LogP contribution in [0.4, 0.5) is 9.59 Å². The monoisotopic (exact) mass is 423 g/mol. The fourth-order valence-corrected chi connectivity index (χ4v) is 4.10. The molecule has 2 aliphatic heterocycles. The molecule has 0 unspecified atom stereocenters. The van der Waals surface area contributed by atoms with Crippen molar-refractivity contribution < 1.29 is 19.1 Å². The number of ether oxygens (including phenoxy) is 1. The summed E-state index contributed by atoms with van der Waals surface area (Å²) in [5, 5.41) is 5.80. The molecule has 31 heavy (non-hydrogen) atoms. The van der Waals surface area contributed by atoms with E-state index in [-0.39, 0.29) is 24.5 Å². The molecule has 3 atom stereocenters. The van der Waals surface area contributed by atoms with E-state index in [0.29, 0.717) is 0 Å². The number of nitrogens with zero attached hydrogens (tertiary/aromatic N) is 3. The van der Waals surface area contributed by atoms with Gasteiger partial charge in [0.25, 0.3) is 0 Å². The Morgan fingerprint density at radius 3 is 2.32 bits per heavy atom. The van der Waals surface area contributed by atoms with Crippen LogP contribution in [-0.2, 0) is 4.79 Å². The van der Waals surface area contributed by atoms with Gasteiger partial charge in [-0.2, -0.15) is 0 Å². The molecule has 0 bridgehead atoms. The Morgan fingerprint density at radius 2 is 1.68 bits per heavy atom. The third-order valence-corrected chi connectivity index (χ3v) is 5.75. The molecule has 162 valence electrons. The summed E-state index contributed by atoms with van der Waals surface area (Å²) in [6, 6.07) is 16.1. The molecular formula is C22H25N5O4. The van der Waals surface area contributed by atoms with Crippen LogP contribution >= 0.6 is 0 Å². The van der Waals surface area contributed by atoms with E-state index in [2.05, 4.69) is 10.6 Å². The molecule has 2 fully saturated rings. The van der Waals surface area contributed by atoms with Gasteiger partial charge in [0.05, 0.1) is 13.2 Å². The highest BCUT2D eigenvalue weighted by atomic mass is 16.5. The van der Waals surface area contributed by atoms with Gasteiger partial charge in [0.2, 0.25) is 5.91 Å². The van der Waals surface area contributed by atoms with Gasteiger partial charge in [-0.15, -0.1) is 0 Å². The Bertz CT molecular complexity index is 981. The maximum atomic E-state index is 13.0. The summed E-state index contributed by atoms with van der Waals surface area (Å²) in [6.45, 7) is -0.169. The quantitative estimate of drug-likeness (QED) is 0.738. The first-order valence-corrected chi connectivity index (χ1v) is 9.95. The SMILES string of the molecule is COc1ccc([C@H](NC(=O)CN2C(=O)N[C@@H]3[C@@H]2N(C)C(=O)N3C)c2ccccc2)cc1. The van der Waals surface area contributed by atoms with Gasteiger partial charge in [-0.25, -0.2) is 9.59 Å². The molecule has 9 nitrogen and oxygen atoms in total. The number of hydrogen-bond acceptors (Lipinski definition) is 4. The average molecular weight is 423 g/mol. The van der Waals surface area contributed by atoms with Gasteiger partial charge in [0, 0.05) is 14.1 Å². The lowest BCUT2D eigenvalue weighted by molar-refractivity contribution is -0.122. The van der Waals surface area contributed by atoms with Crippen LogP contribution in [0.25, 0.3) is 0 Å². The Hall–Kier alpha value is -3.75. The summed E-state index contributed by atoms with van der Waals surface area (Å²) in [7, 11) is 4.85. The van der Waals surface area contributed by atoms with Gasteiger partial charge in [-0.3, -0.25) is 9.69 Å². The predicted molar refractivity (Wildman–Crippen MR) is 113 cm³/mol. The number of fused-ring (bicyclic) bond motifs is 1. The first kappa shape index (κ1) is 20.5. The lowest BCUT2D eigenvalue weighted by Gasteiger charge is -2.27. The molecule has 0 radical (unpaired) electrons. The minimum atomic E-state index is -0.535. The molecular weight excluding hydrogens is 398 g/mol. The Balaban J connectivity index is 1.54. The number of methoxy groups -OCH3 is 1. The second-order valence-electron chi connectivity index (χ2n) is 7.62. The molecule has 2 N–H and O–H groups in total. The van der Waals surface area contributed by atoms with Gasteiger partial charge in [-0.1, -0.05) is 42.5 Å². The maximum absolute atomic E-state index is 13.0. The van der Waals surface area contributed by atoms with Crippen LogP contribution in [0.15, 0.2) is 54.6 Å². The molecule has 2 saturated heterocycles.